The number of piperazine rings is 1. The molecule has 0 radical (unpaired) electrons. The highest BCUT2D eigenvalue weighted by Gasteiger charge is 2.31. The molecule has 2 aliphatic rings. The number of benzene rings is 1. The van der Waals surface area contributed by atoms with Crippen LogP contribution < -0.4 is 0 Å². The summed E-state index contributed by atoms with van der Waals surface area (Å²) in [4.78, 5) is 41.2. The van der Waals surface area contributed by atoms with E-state index >= 15 is 0 Å². The van der Waals surface area contributed by atoms with E-state index in [4.69, 9.17) is 0 Å². The first kappa shape index (κ1) is 16.2. The van der Waals surface area contributed by atoms with Crippen molar-refractivity contribution in [2.75, 3.05) is 32.7 Å². The zero-order valence-electron chi connectivity index (χ0n) is 13.8. The van der Waals surface area contributed by atoms with Gasteiger partial charge in [-0.05, 0) is 6.07 Å². The minimum atomic E-state index is -0.0928. The fourth-order valence-electron chi connectivity index (χ4n) is 3.21. The maximum absolute atomic E-state index is 12.4. The molecule has 126 valence electrons. The third-order valence-electron chi connectivity index (χ3n) is 4.67. The molecule has 6 heteroatoms. The Morgan fingerprint density at radius 1 is 1.04 bits per heavy atom. The topological polar surface area (TPSA) is 60.9 Å². The molecule has 3 amide bonds. The first-order chi connectivity index (χ1) is 11.5. The Bertz CT molecular complexity index is 670. The molecular formula is C18H21N3O3. The minimum absolute atomic E-state index is 0.00904. The molecule has 0 aromatic heterocycles. The molecular weight excluding hydrogens is 306 g/mol. The summed E-state index contributed by atoms with van der Waals surface area (Å²) in [6.07, 6.45) is 0.263. The predicted molar refractivity (Wildman–Crippen MR) is 90.0 cm³/mol. The summed E-state index contributed by atoms with van der Waals surface area (Å²) in [6.45, 7) is 8.10. The van der Waals surface area contributed by atoms with Crippen molar-refractivity contribution in [1.82, 2.24) is 14.7 Å². The summed E-state index contributed by atoms with van der Waals surface area (Å²) < 4.78 is 0. The number of carbonyl (C=O) groups is 3. The number of fused-ring (bicyclic) bond motifs is 1. The molecule has 0 atom stereocenters. The molecule has 0 bridgehead atoms. The Kier molecular flexibility index (Phi) is 4.38. The number of hydrogen-bond acceptors (Lipinski definition) is 3. The quantitative estimate of drug-likeness (QED) is 0.838. The van der Waals surface area contributed by atoms with Crippen LogP contribution in [0, 0.1) is 0 Å². The SMILES string of the molecule is C=C1c2ccccc2C(=O)N1CCC(=O)N1CCN(C(C)=O)CC1. The van der Waals surface area contributed by atoms with Crippen LogP contribution >= 0.6 is 0 Å². The first-order valence-corrected chi connectivity index (χ1v) is 8.12. The van der Waals surface area contributed by atoms with Gasteiger partial charge in [0.25, 0.3) is 5.91 Å². The molecule has 1 fully saturated rings. The second-order valence-corrected chi connectivity index (χ2v) is 6.09. The molecule has 6 nitrogen and oxygen atoms in total. The van der Waals surface area contributed by atoms with Crippen molar-refractivity contribution < 1.29 is 14.4 Å². The van der Waals surface area contributed by atoms with Gasteiger partial charge in [0.15, 0.2) is 0 Å². The van der Waals surface area contributed by atoms with Crippen molar-refractivity contribution in [3.05, 3.63) is 42.0 Å². The Hall–Kier alpha value is -2.63. The lowest BCUT2D eigenvalue weighted by Crippen LogP contribution is -2.50. The zero-order chi connectivity index (χ0) is 17.3. The summed E-state index contributed by atoms with van der Waals surface area (Å²) in [5, 5.41) is 0. The van der Waals surface area contributed by atoms with Gasteiger partial charge in [0.2, 0.25) is 11.8 Å². The zero-order valence-corrected chi connectivity index (χ0v) is 13.8. The number of hydrogen-bond donors (Lipinski definition) is 0. The average Bonchev–Trinajstić information content (AvgIpc) is 2.84. The lowest BCUT2D eigenvalue weighted by Gasteiger charge is -2.34. The minimum Gasteiger partial charge on any atom is -0.339 e. The van der Waals surface area contributed by atoms with Gasteiger partial charge in [-0.3, -0.25) is 14.4 Å². The molecule has 2 aliphatic heterocycles. The lowest BCUT2D eigenvalue weighted by atomic mass is 10.1. The van der Waals surface area contributed by atoms with Gasteiger partial charge in [-0.15, -0.1) is 0 Å². The highest BCUT2D eigenvalue weighted by molar-refractivity contribution is 6.08. The first-order valence-electron chi connectivity index (χ1n) is 8.12. The Morgan fingerprint density at radius 3 is 2.21 bits per heavy atom. The normalized spacial score (nSPS) is 17.3. The largest absolute Gasteiger partial charge is 0.339 e. The van der Waals surface area contributed by atoms with E-state index in [0.717, 1.165) is 5.56 Å². The van der Waals surface area contributed by atoms with Gasteiger partial charge in [0.1, 0.15) is 0 Å². The van der Waals surface area contributed by atoms with Crippen molar-refractivity contribution in [3.8, 4) is 0 Å². The van der Waals surface area contributed by atoms with E-state index in [1.54, 1.807) is 27.7 Å². The number of rotatable bonds is 3. The Morgan fingerprint density at radius 2 is 1.62 bits per heavy atom. The van der Waals surface area contributed by atoms with Gasteiger partial charge in [0, 0.05) is 62.9 Å². The highest BCUT2D eigenvalue weighted by Crippen LogP contribution is 2.31. The molecule has 24 heavy (non-hydrogen) atoms. The predicted octanol–water partition coefficient (Wildman–Crippen LogP) is 1.19. The summed E-state index contributed by atoms with van der Waals surface area (Å²) in [6, 6.07) is 7.36. The third-order valence-corrected chi connectivity index (χ3v) is 4.67. The van der Waals surface area contributed by atoms with Gasteiger partial charge in [-0.25, -0.2) is 0 Å². The van der Waals surface area contributed by atoms with Crippen molar-refractivity contribution in [2.45, 2.75) is 13.3 Å². The van der Waals surface area contributed by atoms with Crippen LogP contribution in [-0.4, -0.2) is 65.1 Å². The van der Waals surface area contributed by atoms with E-state index in [0.29, 0.717) is 44.0 Å². The van der Waals surface area contributed by atoms with E-state index in [9.17, 15) is 14.4 Å². The van der Waals surface area contributed by atoms with Gasteiger partial charge in [-0.2, -0.15) is 0 Å². The molecule has 0 aliphatic carbocycles. The van der Waals surface area contributed by atoms with Crippen LogP contribution in [0.2, 0.25) is 0 Å². The molecule has 1 aromatic rings. The summed E-state index contributed by atoms with van der Waals surface area (Å²) >= 11 is 0. The van der Waals surface area contributed by atoms with E-state index in [2.05, 4.69) is 6.58 Å². The average molecular weight is 327 g/mol. The van der Waals surface area contributed by atoms with Gasteiger partial charge >= 0.3 is 0 Å². The van der Waals surface area contributed by atoms with Crippen LogP contribution in [0.15, 0.2) is 30.8 Å². The van der Waals surface area contributed by atoms with Crippen LogP contribution in [0.5, 0.6) is 0 Å². The number of nitrogens with zero attached hydrogens (tertiary/aromatic N) is 3. The molecule has 1 saturated heterocycles. The van der Waals surface area contributed by atoms with Crippen molar-refractivity contribution in [2.24, 2.45) is 0 Å². The Balaban J connectivity index is 1.55. The maximum atomic E-state index is 12.4. The van der Waals surface area contributed by atoms with Crippen molar-refractivity contribution in [1.29, 1.82) is 0 Å². The molecule has 3 rings (SSSR count). The second-order valence-electron chi connectivity index (χ2n) is 6.09. The molecule has 0 saturated carbocycles. The summed E-state index contributed by atoms with van der Waals surface area (Å²) in [7, 11) is 0. The van der Waals surface area contributed by atoms with Crippen LogP contribution in [0.3, 0.4) is 0 Å². The summed E-state index contributed by atoms with van der Waals surface area (Å²) in [5.74, 6) is -0.0432. The van der Waals surface area contributed by atoms with E-state index < -0.39 is 0 Å². The van der Waals surface area contributed by atoms with E-state index in [1.165, 1.54) is 0 Å². The van der Waals surface area contributed by atoms with Crippen LogP contribution in [-0.2, 0) is 9.59 Å². The standard InChI is InChI=1S/C18H21N3O3/c1-13-15-5-3-4-6-16(15)18(24)21(13)8-7-17(23)20-11-9-19(10-12-20)14(2)22/h3-6H,1,7-12H2,2H3. The molecule has 2 heterocycles. The van der Waals surface area contributed by atoms with Crippen molar-refractivity contribution >= 4 is 23.4 Å². The molecule has 0 unspecified atom stereocenters. The highest BCUT2D eigenvalue weighted by atomic mass is 16.2. The molecule has 0 N–H and O–H groups in total. The van der Waals surface area contributed by atoms with Crippen molar-refractivity contribution in [3.63, 3.8) is 0 Å². The fourth-order valence-corrected chi connectivity index (χ4v) is 3.21. The number of amides is 3. The van der Waals surface area contributed by atoms with Crippen LogP contribution in [0.25, 0.3) is 5.70 Å². The fraction of sp³-hybridized carbons (Fsp3) is 0.389. The van der Waals surface area contributed by atoms with Crippen LogP contribution in [0.1, 0.15) is 29.3 Å². The van der Waals surface area contributed by atoms with Gasteiger partial charge in [0.05, 0.1) is 0 Å². The molecule has 0 spiro atoms. The second kappa shape index (κ2) is 6.47. The lowest BCUT2D eigenvalue weighted by molar-refractivity contribution is -0.138. The van der Waals surface area contributed by atoms with Gasteiger partial charge in [-0.1, -0.05) is 24.8 Å². The van der Waals surface area contributed by atoms with Gasteiger partial charge < -0.3 is 14.7 Å². The number of carbonyl (C=O) groups excluding carboxylic acids is 3. The van der Waals surface area contributed by atoms with E-state index in [1.807, 2.05) is 18.2 Å². The van der Waals surface area contributed by atoms with E-state index in [-0.39, 0.29) is 24.1 Å². The van der Waals surface area contributed by atoms with Crippen LogP contribution in [0.4, 0.5) is 0 Å². The summed E-state index contributed by atoms with van der Waals surface area (Å²) in [5.41, 5.74) is 2.14. The third kappa shape index (κ3) is 2.91. The smallest absolute Gasteiger partial charge is 0.258 e. The maximum Gasteiger partial charge on any atom is 0.258 e. The molecule has 1 aromatic carbocycles. The monoisotopic (exact) mass is 327 g/mol. The Labute approximate surface area is 141 Å².